The van der Waals surface area contributed by atoms with E-state index in [4.69, 9.17) is 0 Å². The zero-order chi connectivity index (χ0) is 39.6. The van der Waals surface area contributed by atoms with Crippen molar-refractivity contribution < 1.29 is 0 Å². The van der Waals surface area contributed by atoms with Gasteiger partial charge < -0.3 is 4.90 Å². The van der Waals surface area contributed by atoms with Crippen molar-refractivity contribution in [3.05, 3.63) is 210 Å². The van der Waals surface area contributed by atoms with Crippen LogP contribution in [-0.2, 0) is 10.8 Å². The quantitative estimate of drug-likeness (QED) is 0.162. The van der Waals surface area contributed by atoms with Crippen LogP contribution < -0.4 is 4.90 Å². The predicted molar refractivity (Wildman–Crippen MR) is 252 cm³/mol. The highest BCUT2D eigenvalue weighted by Crippen LogP contribution is 2.54. The minimum absolute atomic E-state index is 0.120. The summed E-state index contributed by atoms with van der Waals surface area (Å²) in [7, 11) is 0. The fraction of sp³-hybridized carbons (Fsp3) is 0.103. The summed E-state index contributed by atoms with van der Waals surface area (Å²) in [4.78, 5) is 2.51. The lowest BCUT2D eigenvalue weighted by Crippen LogP contribution is -2.18. The summed E-state index contributed by atoms with van der Waals surface area (Å²) in [5.74, 6) is 0. The van der Waals surface area contributed by atoms with Gasteiger partial charge in [0.2, 0.25) is 0 Å². The molecule has 0 fully saturated rings. The third-order valence-electron chi connectivity index (χ3n) is 13.8. The van der Waals surface area contributed by atoms with Crippen LogP contribution in [0.5, 0.6) is 0 Å². The molecular weight excluding hydrogens is 711 g/mol. The zero-order valence-electron chi connectivity index (χ0n) is 33.8. The Hall–Kier alpha value is -6.96. The highest BCUT2D eigenvalue weighted by atomic mass is 15.1. The number of hydrogen-bond donors (Lipinski definition) is 0. The Balaban J connectivity index is 1.09. The molecule has 1 heteroatoms. The SMILES string of the molecule is CC1(C)c2ccccc2-c2ccc(N(c3ccc4c(c3)C(C)(C)c3cc(-c5ccccc5)ccc3-4)c3ccc4ccc5ccc6ccc7ccccc7c6c5c4c3)cc21. The van der Waals surface area contributed by atoms with Crippen molar-refractivity contribution in [1.29, 1.82) is 0 Å². The molecule has 10 aromatic rings. The smallest absolute Gasteiger partial charge is 0.0468 e. The average Bonchev–Trinajstić information content (AvgIpc) is 3.64. The molecule has 0 N–H and O–H groups in total. The molecule has 2 aliphatic carbocycles. The maximum Gasteiger partial charge on any atom is 0.0468 e. The maximum absolute atomic E-state index is 2.51. The van der Waals surface area contributed by atoms with E-state index in [1.807, 2.05) is 0 Å². The van der Waals surface area contributed by atoms with Crippen LogP contribution in [0.15, 0.2) is 188 Å². The Labute approximate surface area is 345 Å². The molecule has 0 aliphatic heterocycles. The molecule has 59 heavy (non-hydrogen) atoms. The number of hydrogen-bond acceptors (Lipinski definition) is 1. The van der Waals surface area contributed by atoms with Gasteiger partial charge in [-0.15, -0.1) is 0 Å². The summed E-state index contributed by atoms with van der Waals surface area (Å²) in [6.45, 7) is 9.55. The van der Waals surface area contributed by atoms with E-state index >= 15 is 0 Å². The van der Waals surface area contributed by atoms with Gasteiger partial charge in [-0.05, 0) is 141 Å². The van der Waals surface area contributed by atoms with Crippen LogP contribution in [0.2, 0.25) is 0 Å². The molecule has 0 bridgehead atoms. The highest BCUT2D eigenvalue weighted by Gasteiger charge is 2.38. The highest BCUT2D eigenvalue weighted by molar-refractivity contribution is 6.27. The molecule has 12 rings (SSSR count). The van der Waals surface area contributed by atoms with Crippen molar-refractivity contribution in [3.8, 4) is 33.4 Å². The first-order chi connectivity index (χ1) is 28.8. The van der Waals surface area contributed by atoms with E-state index < -0.39 is 0 Å². The monoisotopic (exact) mass is 753 g/mol. The summed E-state index contributed by atoms with van der Waals surface area (Å²) in [5, 5.41) is 10.2. The number of rotatable bonds is 4. The van der Waals surface area contributed by atoms with Gasteiger partial charge in [0.15, 0.2) is 0 Å². The van der Waals surface area contributed by atoms with Crippen molar-refractivity contribution in [3.63, 3.8) is 0 Å². The topological polar surface area (TPSA) is 3.24 Å². The van der Waals surface area contributed by atoms with Crippen molar-refractivity contribution in [2.24, 2.45) is 0 Å². The lowest BCUT2D eigenvalue weighted by molar-refractivity contribution is 0.660. The summed E-state index contributed by atoms with van der Waals surface area (Å²) in [6.07, 6.45) is 0. The fourth-order valence-electron chi connectivity index (χ4n) is 10.7. The first kappa shape index (κ1) is 34.1. The van der Waals surface area contributed by atoms with Crippen LogP contribution >= 0.6 is 0 Å². The molecule has 0 heterocycles. The van der Waals surface area contributed by atoms with Gasteiger partial charge in [-0.3, -0.25) is 0 Å². The van der Waals surface area contributed by atoms with Gasteiger partial charge in [-0.2, -0.15) is 0 Å². The second-order valence-corrected chi connectivity index (χ2v) is 17.7. The Bertz CT molecular complexity index is 3370. The molecule has 280 valence electrons. The van der Waals surface area contributed by atoms with Crippen molar-refractivity contribution in [2.75, 3.05) is 4.90 Å². The van der Waals surface area contributed by atoms with Crippen molar-refractivity contribution in [2.45, 2.75) is 38.5 Å². The van der Waals surface area contributed by atoms with Gasteiger partial charge in [0.1, 0.15) is 0 Å². The van der Waals surface area contributed by atoms with E-state index in [0.717, 1.165) is 11.4 Å². The largest absolute Gasteiger partial charge is 0.310 e. The van der Waals surface area contributed by atoms with Crippen LogP contribution in [-0.4, -0.2) is 0 Å². The third-order valence-corrected chi connectivity index (χ3v) is 13.8. The number of nitrogens with zero attached hydrogens (tertiary/aromatic N) is 1. The Morgan fingerprint density at radius 2 is 0.763 bits per heavy atom. The van der Waals surface area contributed by atoms with Crippen LogP contribution in [0.4, 0.5) is 17.1 Å². The summed E-state index contributed by atoms with van der Waals surface area (Å²) in [6, 6.07) is 70.7. The van der Waals surface area contributed by atoms with Crippen molar-refractivity contribution in [1.82, 2.24) is 0 Å². The predicted octanol–water partition coefficient (Wildman–Crippen LogP) is 16.0. The standard InChI is InChI=1S/C58H43N/c1-57(2)51-17-11-10-16-46(51)48-30-27-43(34-53(48)57)59(44-28-31-49-47-29-25-41(36-12-6-5-7-13-36)32-52(47)58(3,4)54(49)35-44)42-26-24-38-19-21-40-23-22-39-20-18-37-14-8-9-15-45(37)55(39)56(40)50(38)33-42/h5-35H,1-4H3. The van der Waals surface area contributed by atoms with E-state index in [0.29, 0.717) is 0 Å². The Kier molecular flexibility index (Phi) is 7.10. The second-order valence-electron chi connectivity index (χ2n) is 17.7. The van der Waals surface area contributed by atoms with Gasteiger partial charge in [-0.1, -0.05) is 173 Å². The molecule has 0 radical (unpaired) electrons. The number of benzene rings is 10. The fourth-order valence-corrected chi connectivity index (χ4v) is 10.7. The molecular formula is C58H43N. The minimum Gasteiger partial charge on any atom is -0.310 e. The van der Waals surface area contributed by atoms with Crippen LogP contribution in [0.3, 0.4) is 0 Å². The molecule has 0 saturated heterocycles. The van der Waals surface area contributed by atoms with E-state index in [1.165, 1.54) is 104 Å². The summed E-state index contributed by atoms with van der Waals surface area (Å²) < 4.78 is 0. The molecule has 0 aromatic heterocycles. The molecule has 2 aliphatic rings. The normalized spacial score (nSPS) is 14.4. The second kappa shape index (κ2) is 12.3. The number of anilines is 3. The van der Waals surface area contributed by atoms with Crippen LogP contribution in [0, 0.1) is 0 Å². The van der Waals surface area contributed by atoms with Gasteiger partial charge in [0.05, 0.1) is 0 Å². The first-order valence-electron chi connectivity index (χ1n) is 20.9. The molecule has 0 unspecified atom stereocenters. The number of fused-ring (bicyclic) bond motifs is 13. The molecule has 10 aromatic carbocycles. The molecule has 0 atom stereocenters. The van der Waals surface area contributed by atoms with Gasteiger partial charge in [0, 0.05) is 27.9 Å². The van der Waals surface area contributed by atoms with E-state index in [-0.39, 0.29) is 10.8 Å². The summed E-state index contributed by atoms with van der Waals surface area (Å²) in [5.41, 5.74) is 16.5. The van der Waals surface area contributed by atoms with E-state index in [9.17, 15) is 0 Å². The maximum atomic E-state index is 2.51. The molecule has 0 saturated carbocycles. The average molecular weight is 754 g/mol. The lowest BCUT2D eigenvalue weighted by atomic mass is 9.81. The van der Waals surface area contributed by atoms with Gasteiger partial charge in [-0.25, -0.2) is 0 Å². The first-order valence-corrected chi connectivity index (χ1v) is 20.9. The molecule has 0 spiro atoms. The van der Waals surface area contributed by atoms with Gasteiger partial charge in [0.25, 0.3) is 0 Å². The van der Waals surface area contributed by atoms with Gasteiger partial charge >= 0.3 is 0 Å². The van der Waals surface area contributed by atoms with Crippen LogP contribution in [0.25, 0.3) is 76.5 Å². The Morgan fingerprint density at radius 1 is 0.305 bits per heavy atom. The molecule has 0 amide bonds. The van der Waals surface area contributed by atoms with Crippen molar-refractivity contribution >= 4 is 60.2 Å². The zero-order valence-corrected chi connectivity index (χ0v) is 33.8. The van der Waals surface area contributed by atoms with Crippen LogP contribution in [0.1, 0.15) is 49.9 Å². The summed E-state index contributed by atoms with van der Waals surface area (Å²) >= 11 is 0. The van der Waals surface area contributed by atoms with E-state index in [1.54, 1.807) is 0 Å². The third kappa shape index (κ3) is 4.91. The van der Waals surface area contributed by atoms with E-state index in [2.05, 4.69) is 221 Å². The Morgan fingerprint density at radius 3 is 1.46 bits per heavy atom. The lowest BCUT2D eigenvalue weighted by Gasteiger charge is -2.30. The minimum atomic E-state index is -0.182. The molecule has 1 nitrogen and oxygen atoms in total.